The Hall–Kier alpha value is -3.14. The number of phenols is 1. The smallest absolute Gasteiger partial charge is 0.251 e. The van der Waals surface area contributed by atoms with Gasteiger partial charge in [0.15, 0.2) is 0 Å². The van der Waals surface area contributed by atoms with Crippen molar-refractivity contribution in [3.8, 4) is 39.8 Å². The quantitative estimate of drug-likeness (QED) is 0.591. The van der Waals surface area contributed by atoms with E-state index in [2.05, 4.69) is 23.2 Å². The maximum Gasteiger partial charge on any atom is 0.251 e. The van der Waals surface area contributed by atoms with E-state index in [1.165, 1.54) is 0 Å². The van der Waals surface area contributed by atoms with E-state index in [-0.39, 0.29) is 5.75 Å². The highest BCUT2D eigenvalue weighted by atomic mass is 16.4. The first-order valence-corrected chi connectivity index (χ1v) is 7.34. The lowest BCUT2D eigenvalue weighted by Gasteiger charge is -1.98. The summed E-state index contributed by atoms with van der Waals surface area (Å²) in [5.74, 6) is 0.885. The molecule has 4 nitrogen and oxygen atoms in total. The van der Waals surface area contributed by atoms with Gasteiger partial charge in [0, 0.05) is 5.56 Å². The second-order valence-electron chi connectivity index (χ2n) is 5.41. The lowest BCUT2D eigenvalue weighted by Crippen LogP contribution is -1.78. The zero-order valence-electron chi connectivity index (χ0n) is 12.5. The van der Waals surface area contributed by atoms with Crippen molar-refractivity contribution in [3.05, 3.63) is 66.2 Å². The third-order valence-corrected chi connectivity index (χ3v) is 3.90. The monoisotopic (exact) mass is 302 g/mol. The molecule has 2 aliphatic carbocycles. The van der Waals surface area contributed by atoms with Crippen molar-refractivity contribution >= 4 is 0 Å². The Morgan fingerprint density at radius 2 is 1.35 bits per heavy atom. The van der Waals surface area contributed by atoms with Gasteiger partial charge in [0.2, 0.25) is 5.89 Å². The van der Waals surface area contributed by atoms with Crippen molar-refractivity contribution in [2.75, 3.05) is 0 Å². The molecule has 1 aromatic carbocycles. The Morgan fingerprint density at radius 1 is 0.739 bits per heavy atom. The van der Waals surface area contributed by atoms with Gasteiger partial charge in [-0.15, -0.1) is 10.2 Å². The number of hydrogen-bond acceptors (Lipinski definition) is 4. The van der Waals surface area contributed by atoms with Gasteiger partial charge in [-0.05, 0) is 41.8 Å². The summed E-state index contributed by atoms with van der Waals surface area (Å²) in [5, 5.41) is 18.2. The molecule has 0 atom stereocenters. The van der Waals surface area contributed by atoms with Crippen LogP contribution in [0.4, 0.5) is 0 Å². The summed E-state index contributed by atoms with van der Waals surface area (Å²) in [5.41, 5.74) is 4.83. The van der Waals surface area contributed by atoms with Crippen LogP contribution in [-0.2, 0) is 0 Å². The van der Waals surface area contributed by atoms with Crippen LogP contribution in [0, 0.1) is 6.92 Å². The molecule has 23 heavy (non-hydrogen) atoms. The second kappa shape index (κ2) is 5.25. The van der Waals surface area contributed by atoms with Gasteiger partial charge < -0.3 is 9.52 Å². The lowest BCUT2D eigenvalue weighted by atomic mass is 10.1. The van der Waals surface area contributed by atoms with Gasteiger partial charge in [0.1, 0.15) is 5.75 Å². The summed E-state index contributed by atoms with van der Waals surface area (Å²) >= 11 is 0. The first-order valence-electron chi connectivity index (χ1n) is 7.34. The molecule has 1 aromatic heterocycles. The molecule has 0 unspecified atom stereocenters. The molecule has 1 heterocycles. The minimum Gasteiger partial charge on any atom is -0.507 e. The van der Waals surface area contributed by atoms with Gasteiger partial charge in [0.05, 0.1) is 5.56 Å². The molecule has 2 aromatic rings. The Balaban J connectivity index is 1.84. The summed E-state index contributed by atoms with van der Waals surface area (Å²) in [7, 11) is 0. The van der Waals surface area contributed by atoms with Crippen LogP contribution < -0.4 is 0 Å². The van der Waals surface area contributed by atoms with E-state index in [1.54, 1.807) is 18.2 Å². The van der Waals surface area contributed by atoms with Crippen LogP contribution in [0.3, 0.4) is 0 Å². The largest absolute Gasteiger partial charge is 0.507 e. The number of benzene rings is 1. The molecule has 0 aliphatic heterocycles. The number of aromatic nitrogens is 2. The van der Waals surface area contributed by atoms with Crippen LogP contribution in [0.1, 0.15) is 5.56 Å². The van der Waals surface area contributed by atoms with E-state index < -0.39 is 0 Å². The molecule has 0 bridgehead atoms. The molecular weight excluding hydrogens is 288 g/mol. The molecule has 112 valence electrons. The third-order valence-electron chi connectivity index (χ3n) is 3.90. The molecule has 0 radical (unpaired) electrons. The summed E-state index contributed by atoms with van der Waals surface area (Å²) in [6.45, 7) is 2.06. The topological polar surface area (TPSA) is 59.2 Å². The second-order valence-corrected chi connectivity index (χ2v) is 5.41. The molecule has 4 heteroatoms. The van der Waals surface area contributed by atoms with Crippen LogP contribution in [0.5, 0.6) is 5.75 Å². The Bertz CT molecular complexity index is 959. The fraction of sp³-hybridized carbons (Fsp3) is 0.0526. The number of fused-ring (bicyclic) bond motifs is 1. The molecule has 0 amide bonds. The number of para-hydroxylation sites is 1. The average Bonchev–Trinajstić information content (AvgIpc) is 3.05. The van der Waals surface area contributed by atoms with Crippen molar-refractivity contribution in [1.29, 1.82) is 0 Å². The molecular formula is C19H14N2O2. The van der Waals surface area contributed by atoms with Crippen LogP contribution in [-0.4, -0.2) is 15.3 Å². The minimum absolute atomic E-state index is 0.123. The van der Waals surface area contributed by atoms with Gasteiger partial charge in [-0.1, -0.05) is 42.5 Å². The number of hydrogen-bond donors (Lipinski definition) is 1. The van der Waals surface area contributed by atoms with Crippen molar-refractivity contribution in [2.24, 2.45) is 0 Å². The molecule has 0 saturated carbocycles. The number of phenolic OH excluding ortho intramolecular Hbond substituents is 1. The predicted octanol–water partition coefficient (Wildman–Crippen LogP) is 4.52. The standard InChI is InChI=1S/C19H14N2O2/c1-12-11-16(14-8-4-2-3-7-13(12)14)19-21-20-18(23-19)15-9-5-6-10-17(15)22/h2-11,22H,1H3. The van der Waals surface area contributed by atoms with Gasteiger partial charge in [0.25, 0.3) is 5.89 Å². The lowest BCUT2D eigenvalue weighted by molar-refractivity contribution is 0.473. The fourth-order valence-corrected chi connectivity index (χ4v) is 2.77. The molecule has 2 aliphatic rings. The zero-order chi connectivity index (χ0) is 15.8. The van der Waals surface area contributed by atoms with E-state index >= 15 is 0 Å². The van der Waals surface area contributed by atoms with E-state index in [1.807, 2.05) is 36.4 Å². The fourth-order valence-electron chi connectivity index (χ4n) is 2.77. The van der Waals surface area contributed by atoms with Gasteiger partial charge in [-0.3, -0.25) is 0 Å². The van der Waals surface area contributed by atoms with E-state index in [9.17, 15) is 5.11 Å². The van der Waals surface area contributed by atoms with Crippen molar-refractivity contribution in [2.45, 2.75) is 6.92 Å². The van der Waals surface area contributed by atoms with Crippen molar-refractivity contribution in [1.82, 2.24) is 10.2 Å². The van der Waals surface area contributed by atoms with Gasteiger partial charge in [-0.25, -0.2) is 0 Å². The summed E-state index contributed by atoms with van der Waals surface area (Å²) < 4.78 is 5.81. The Labute approximate surface area is 133 Å². The highest BCUT2D eigenvalue weighted by molar-refractivity contribution is 5.86. The predicted molar refractivity (Wildman–Crippen MR) is 88.2 cm³/mol. The first-order chi connectivity index (χ1) is 11.2. The highest BCUT2D eigenvalue weighted by Gasteiger charge is 2.19. The summed E-state index contributed by atoms with van der Waals surface area (Å²) in [6, 6.07) is 19.1. The molecule has 0 spiro atoms. The third kappa shape index (κ3) is 2.25. The SMILES string of the molecule is Cc1cc(-c2nnc(-c3ccccc3O)o2)c2cccccc1-2. The molecule has 4 rings (SSSR count). The van der Waals surface area contributed by atoms with Crippen molar-refractivity contribution in [3.63, 3.8) is 0 Å². The van der Waals surface area contributed by atoms with E-state index in [0.29, 0.717) is 17.3 Å². The molecule has 1 N–H and O–H groups in total. The molecule has 0 saturated heterocycles. The summed E-state index contributed by atoms with van der Waals surface area (Å²) in [6.07, 6.45) is 0. The van der Waals surface area contributed by atoms with Crippen LogP contribution >= 0.6 is 0 Å². The van der Waals surface area contributed by atoms with Crippen LogP contribution in [0.25, 0.3) is 34.0 Å². The zero-order valence-corrected chi connectivity index (χ0v) is 12.5. The molecule has 0 fully saturated rings. The number of aromatic hydroxyl groups is 1. The van der Waals surface area contributed by atoms with Crippen molar-refractivity contribution < 1.29 is 9.52 Å². The van der Waals surface area contributed by atoms with E-state index in [4.69, 9.17) is 4.42 Å². The maximum atomic E-state index is 9.92. The maximum absolute atomic E-state index is 9.92. The Morgan fingerprint density at radius 3 is 2.13 bits per heavy atom. The van der Waals surface area contributed by atoms with Crippen LogP contribution in [0.2, 0.25) is 0 Å². The first kappa shape index (κ1) is 13.5. The number of rotatable bonds is 2. The van der Waals surface area contributed by atoms with Gasteiger partial charge in [-0.2, -0.15) is 0 Å². The highest BCUT2D eigenvalue weighted by Crippen LogP contribution is 2.38. The van der Waals surface area contributed by atoms with Gasteiger partial charge >= 0.3 is 0 Å². The number of nitrogens with zero attached hydrogens (tertiary/aromatic N) is 2. The summed E-state index contributed by atoms with van der Waals surface area (Å²) in [4.78, 5) is 0. The normalized spacial score (nSPS) is 11.0. The minimum atomic E-state index is 0.123. The average molecular weight is 302 g/mol. The van der Waals surface area contributed by atoms with Crippen LogP contribution in [0.15, 0.2) is 65.1 Å². The number of aryl methyl sites for hydroxylation is 1. The Kier molecular flexibility index (Phi) is 3.08. The van der Waals surface area contributed by atoms with E-state index in [0.717, 1.165) is 22.3 Å².